The third-order valence-electron chi connectivity index (χ3n) is 5.09. The molecule has 0 amide bonds. The summed E-state index contributed by atoms with van der Waals surface area (Å²) in [5.41, 5.74) is 7.00. The second-order valence-corrected chi connectivity index (χ2v) is 7.54. The molecule has 0 bridgehead atoms. The molecule has 12 heteroatoms. The predicted octanol–water partition coefficient (Wildman–Crippen LogP) is 1.14. The number of benzene rings is 1. The Bertz CT molecular complexity index is 929. The molecule has 0 saturated carbocycles. The zero-order valence-electron chi connectivity index (χ0n) is 16.7. The molecule has 0 aromatic heterocycles. The summed E-state index contributed by atoms with van der Waals surface area (Å²) in [5, 5.41) is 39.4. The number of thiocarbonyl (C=S) groups is 1. The minimum absolute atomic E-state index is 0.234. The Kier molecular flexibility index (Phi) is 8.13. The van der Waals surface area contributed by atoms with Crippen LogP contribution < -0.4 is 11.5 Å². The molecule has 0 aliphatic heterocycles. The number of hydrogen-bond acceptors (Lipinski definition) is 8. The van der Waals surface area contributed by atoms with Crippen LogP contribution in [0.3, 0.4) is 0 Å². The van der Waals surface area contributed by atoms with E-state index in [-0.39, 0.29) is 5.69 Å². The van der Waals surface area contributed by atoms with E-state index in [1.165, 1.54) is 19.9 Å². The molecule has 2 unspecified atom stereocenters. The van der Waals surface area contributed by atoms with E-state index in [0.717, 1.165) is 0 Å². The predicted molar refractivity (Wildman–Crippen MR) is 112 cm³/mol. The van der Waals surface area contributed by atoms with Crippen LogP contribution in [-0.4, -0.2) is 60.5 Å². The molecule has 11 nitrogen and oxygen atoms in total. The number of rotatable bonds is 11. The number of carboxylic acid groups (broad SMARTS) is 4. The summed E-state index contributed by atoms with van der Waals surface area (Å²) in [6.45, 7) is 3.06. The normalized spacial score (nSPS) is 13.5. The first-order valence-electron chi connectivity index (χ1n) is 8.94. The van der Waals surface area contributed by atoms with Gasteiger partial charge < -0.3 is 31.9 Å². The van der Waals surface area contributed by atoms with Crippen LogP contribution in [0.4, 0.5) is 5.69 Å². The van der Waals surface area contributed by atoms with Gasteiger partial charge in [-0.2, -0.15) is 4.99 Å². The van der Waals surface area contributed by atoms with Gasteiger partial charge in [0.2, 0.25) is 11.1 Å². The summed E-state index contributed by atoms with van der Waals surface area (Å²) < 4.78 is 0. The number of carboxylic acids is 4. The number of carbonyl (C=O) groups is 4. The topological polar surface area (TPSA) is 214 Å². The fourth-order valence-corrected chi connectivity index (χ4v) is 3.49. The van der Waals surface area contributed by atoms with Crippen molar-refractivity contribution in [1.29, 1.82) is 0 Å². The number of nitrogens with two attached hydrogens (primary N) is 2. The molecule has 1 aromatic carbocycles. The number of aliphatic imine (C=N–C) groups is 1. The van der Waals surface area contributed by atoms with Crippen LogP contribution in [0.1, 0.15) is 49.7 Å². The van der Waals surface area contributed by atoms with Gasteiger partial charge in [-0.05, 0) is 54.1 Å². The summed E-state index contributed by atoms with van der Waals surface area (Å²) in [7, 11) is 0. The molecular formula is C19H23N3O8S. The van der Waals surface area contributed by atoms with Gasteiger partial charge in [0.05, 0.1) is 10.8 Å². The Labute approximate surface area is 182 Å². The van der Waals surface area contributed by atoms with Crippen LogP contribution in [0, 0.1) is 0 Å². The van der Waals surface area contributed by atoms with Crippen molar-refractivity contribution in [3.8, 4) is 0 Å². The van der Waals surface area contributed by atoms with Gasteiger partial charge in [-0.1, -0.05) is 26.0 Å². The second-order valence-electron chi connectivity index (χ2n) is 7.36. The average Bonchev–Trinajstić information content (AvgIpc) is 2.66. The van der Waals surface area contributed by atoms with E-state index in [4.69, 9.17) is 11.5 Å². The van der Waals surface area contributed by atoms with Crippen molar-refractivity contribution < 1.29 is 39.6 Å². The fraction of sp³-hybridized carbons (Fsp3) is 0.421. The molecule has 0 fully saturated rings. The molecular weight excluding hydrogens is 430 g/mol. The van der Waals surface area contributed by atoms with Crippen molar-refractivity contribution in [2.24, 2.45) is 16.5 Å². The highest BCUT2D eigenvalue weighted by Crippen LogP contribution is 2.39. The maximum atomic E-state index is 11.5. The van der Waals surface area contributed by atoms with E-state index in [1.807, 2.05) is 0 Å². The largest absolute Gasteiger partial charge is 0.479 e. The Morgan fingerprint density at radius 3 is 1.74 bits per heavy atom. The lowest BCUT2D eigenvalue weighted by molar-refractivity contribution is -0.159. The molecule has 1 rings (SSSR count). The minimum Gasteiger partial charge on any atom is -0.479 e. The molecule has 0 aliphatic carbocycles. The lowest BCUT2D eigenvalue weighted by Gasteiger charge is -2.29. The SMILES string of the molecule is CC(CC(N)(C(=O)O)C(=O)O)c1cccc(N=C=S)c1C(C)CC(N)(C(=O)O)C(=O)O. The van der Waals surface area contributed by atoms with E-state index < -0.39 is 59.6 Å². The monoisotopic (exact) mass is 453 g/mol. The maximum Gasteiger partial charge on any atom is 0.335 e. The summed E-state index contributed by atoms with van der Waals surface area (Å²) in [6.07, 6.45) is -1.04. The van der Waals surface area contributed by atoms with Gasteiger partial charge >= 0.3 is 23.9 Å². The maximum absolute atomic E-state index is 11.5. The van der Waals surface area contributed by atoms with Gasteiger partial charge in [0, 0.05) is 0 Å². The Balaban J connectivity index is 3.58. The first kappa shape index (κ1) is 25.9. The van der Waals surface area contributed by atoms with E-state index in [0.29, 0.717) is 11.1 Å². The van der Waals surface area contributed by atoms with Crippen molar-refractivity contribution in [3.05, 3.63) is 29.3 Å². The van der Waals surface area contributed by atoms with Gasteiger partial charge in [-0.25, -0.2) is 19.2 Å². The minimum atomic E-state index is -2.60. The van der Waals surface area contributed by atoms with Gasteiger partial charge in [0.25, 0.3) is 0 Å². The molecule has 0 heterocycles. The average molecular weight is 453 g/mol. The third kappa shape index (κ3) is 5.30. The van der Waals surface area contributed by atoms with Gasteiger partial charge in [0.1, 0.15) is 0 Å². The molecule has 8 N–H and O–H groups in total. The van der Waals surface area contributed by atoms with Crippen LogP contribution in [0.2, 0.25) is 0 Å². The standard InChI is InChI=1S/C19H23N3O8S/c1-9(6-18(20,14(23)24)15(25)26)11-4-3-5-12(22-8-31)13(11)10(2)7-19(21,16(27)28)17(29)30/h3-5,9-10H,6-7,20-21H2,1-2H3,(H,23,24)(H,25,26)(H,27,28)(H,29,30). The Hall–Kier alpha value is -3.18. The van der Waals surface area contributed by atoms with Gasteiger partial charge in [-0.3, -0.25) is 0 Å². The smallest absolute Gasteiger partial charge is 0.335 e. The summed E-state index contributed by atoms with van der Waals surface area (Å²) in [5.74, 6) is -8.50. The first-order valence-corrected chi connectivity index (χ1v) is 9.35. The van der Waals surface area contributed by atoms with Crippen LogP contribution >= 0.6 is 12.2 Å². The van der Waals surface area contributed by atoms with E-state index in [2.05, 4.69) is 22.4 Å². The molecule has 2 atom stereocenters. The number of nitrogens with zero attached hydrogens (tertiary/aromatic N) is 1. The van der Waals surface area contributed by atoms with Crippen LogP contribution in [-0.2, 0) is 19.2 Å². The Morgan fingerprint density at radius 2 is 1.35 bits per heavy atom. The lowest BCUT2D eigenvalue weighted by atomic mass is 9.77. The quantitative estimate of drug-likeness (QED) is 0.159. The van der Waals surface area contributed by atoms with Crippen LogP contribution in [0.15, 0.2) is 23.2 Å². The highest BCUT2D eigenvalue weighted by molar-refractivity contribution is 7.78. The number of hydrogen-bond donors (Lipinski definition) is 6. The molecule has 31 heavy (non-hydrogen) atoms. The highest BCUT2D eigenvalue weighted by Gasteiger charge is 2.46. The van der Waals surface area contributed by atoms with Crippen molar-refractivity contribution in [1.82, 2.24) is 0 Å². The van der Waals surface area contributed by atoms with E-state index in [1.54, 1.807) is 12.1 Å². The molecule has 168 valence electrons. The zero-order chi connectivity index (χ0) is 24.1. The van der Waals surface area contributed by atoms with E-state index in [9.17, 15) is 39.6 Å². The third-order valence-corrected chi connectivity index (χ3v) is 5.18. The van der Waals surface area contributed by atoms with Crippen molar-refractivity contribution in [3.63, 3.8) is 0 Å². The van der Waals surface area contributed by atoms with Gasteiger partial charge in [-0.15, -0.1) is 0 Å². The lowest BCUT2D eigenvalue weighted by Crippen LogP contribution is -2.56. The zero-order valence-corrected chi connectivity index (χ0v) is 17.5. The highest BCUT2D eigenvalue weighted by atomic mass is 32.1. The second kappa shape index (κ2) is 9.75. The van der Waals surface area contributed by atoms with Crippen LogP contribution in [0.25, 0.3) is 0 Å². The van der Waals surface area contributed by atoms with Gasteiger partial charge in [0.15, 0.2) is 0 Å². The first-order chi connectivity index (χ1) is 14.2. The summed E-state index contributed by atoms with van der Waals surface area (Å²) in [6, 6.07) is 4.63. The number of isothiocyanates is 1. The number of aliphatic carboxylic acids is 4. The fourth-order valence-electron chi connectivity index (χ4n) is 3.39. The van der Waals surface area contributed by atoms with Crippen molar-refractivity contribution in [2.75, 3.05) is 0 Å². The summed E-state index contributed by atoms with van der Waals surface area (Å²) >= 11 is 4.63. The van der Waals surface area contributed by atoms with Crippen molar-refractivity contribution in [2.45, 2.75) is 49.6 Å². The Morgan fingerprint density at radius 1 is 0.935 bits per heavy atom. The van der Waals surface area contributed by atoms with E-state index >= 15 is 0 Å². The molecule has 0 saturated heterocycles. The molecule has 0 spiro atoms. The molecule has 1 aromatic rings. The molecule has 0 radical (unpaired) electrons. The molecule has 0 aliphatic rings. The summed E-state index contributed by atoms with van der Waals surface area (Å²) in [4.78, 5) is 49.8. The van der Waals surface area contributed by atoms with Crippen LogP contribution in [0.5, 0.6) is 0 Å². The van der Waals surface area contributed by atoms with Crippen molar-refractivity contribution >= 4 is 46.9 Å².